The first kappa shape index (κ1) is 24.3. The van der Waals surface area contributed by atoms with Gasteiger partial charge in [-0.25, -0.2) is 4.99 Å². The molecule has 6 heteroatoms. The number of carbonyl (C=O) groups is 1. The van der Waals surface area contributed by atoms with E-state index in [4.69, 9.17) is 4.99 Å². The van der Waals surface area contributed by atoms with E-state index in [2.05, 4.69) is 77.8 Å². The van der Waals surface area contributed by atoms with Crippen molar-refractivity contribution in [3.05, 3.63) is 77.4 Å². The van der Waals surface area contributed by atoms with E-state index in [1.807, 2.05) is 4.90 Å². The van der Waals surface area contributed by atoms with Gasteiger partial charge in [0.15, 0.2) is 5.96 Å². The number of nitrogens with one attached hydrogen (secondary N) is 1. The van der Waals surface area contributed by atoms with Crippen molar-refractivity contribution in [1.82, 2.24) is 15.1 Å². The van der Waals surface area contributed by atoms with Crippen LogP contribution in [0.2, 0.25) is 0 Å². The highest BCUT2D eigenvalue weighted by atomic mass is 127. The van der Waals surface area contributed by atoms with Crippen LogP contribution in [0.15, 0.2) is 65.7 Å². The largest absolute Gasteiger partial charge is 0.356 e. The van der Waals surface area contributed by atoms with Crippen LogP contribution in [0.5, 0.6) is 0 Å². The summed E-state index contributed by atoms with van der Waals surface area (Å²) < 4.78 is 0. The second-order valence-electron chi connectivity index (χ2n) is 8.20. The first-order valence-electron chi connectivity index (χ1n) is 11.4. The summed E-state index contributed by atoms with van der Waals surface area (Å²) in [5.41, 5.74) is 5.11. The minimum atomic E-state index is 0. The molecule has 32 heavy (non-hydrogen) atoms. The molecule has 170 valence electrons. The SMILES string of the molecule is CCNC(=NCc1ccc(CN2CCCC2=O)cc1)N1CC=C(c2ccccc2)CC1.I. The van der Waals surface area contributed by atoms with E-state index in [1.165, 1.54) is 22.3 Å². The van der Waals surface area contributed by atoms with Crippen LogP contribution in [-0.2, 0) is 17.9 Å². The summed E-state index contributed by atoms with van der Waals surface area (Å²) in [4.78, 5) is 21.0. The number of halogens is 1. The van der Waals surface area contributed by atoms with E-state index in [9.17, 15) is 4.79 Å². The first-order chi connectivity index (χ1) is 15.2. The molecule has 0 spiro atoms. The molecule has 2 aliphatic rings. The zero-order valence-corrected chi connectivity index (χ0v) is 21.1. The average Bonchev–Trinajstić information content (AvgIpc) is 3.22. The maximum atomic E-state index is 11.8. The van der Waals surface area contributed by atoms with Gasteiger partial charge < -0.3 is 15.1 Å². The zero-order chi connectivity index (χ0) is 21.5. The molecule has 2 aromatic rings. The lowest BCUT2D eigenvalue weighted by molar-refractivity contribution is -0.128. The highest BCUT2D eigenvalue weighted by Gasteiger charge is 2.20. The second kappa shape index (κ2) is 12.0. The minimum Gasteiger partial charge on any atom is -0.356 e. The van der Waals surface area contributed by atoms with Gasteiger partial charge in [0.1, 0.15) is 0 Å². The molecular formula is C26H33IN4O. The summed E-state index contributed by atoms with van der Waals surface area (Å²) in [6.07, 6.45) is 5.02. The normalized spacial score (nSPS) is 16.6. The van der Waals surface area contributed by atoms with Gasteiger partial charge in [-0.2, -0.15) is 0 Å². The molecule has 5 nitrogen and oxygen atoms in total. The van der Waals surface area contributed by atoms with Crippen LogP contribution < -0.4 is 5.32 Å². The zero-order valence-electron chi connectivity index (χ0n) is 18.8. The van der Waals surface area contributed by atoms with Gasteiger partial charge in [0, 0.05) is 39.1 Å². The number of amides is 1. The Kier molecular flexibility index (Phi) is 9.14. The van der Waals surface area contributed by atoms with E-state index in [1.54, 1.807) is 0 Å². The predicted octanol–water partition coefficient (Wildman–Crippen LogP) is 4.68. The monoisotopic (exact) mass is 544 g/mol. The fraction of sp³-hybridized carbons (Fsp3) is 0.385. The van der Waals surface area contributed by atoms with E-state index < -0.39 is 0 Å². The summed E-state index contributed by atoms with van der Waals surface area (Å²) in [7, 11) is 0. The van der Waals surface area contributed by atoms with Crippen molar-refractivity contribution in [3.63, 3.8) is 0 Å². The molecule has 0 aromatic heterocycles. The fourth-order valence-corrected chi connectivity index (χ4v) is 4.21. The third-order valence-corrected chi connectivity index (χ3v) is 5.97. The molecule has 1 fully saturated rings. The molecule has 0 atom stereocenters. The van der Waals surface area contributed by atoms with E-state index in [0.717, 1.165) is 51.5 Å². The Balaban J connectivity index is 0.00000289. The number of hydrogen-bond donors (Lipinski definition) is 1. The smallest absolute Gasteiger partial charge is 0.222 e. The Morgan fingerprint density at radius 2 is 1.75 bits per heavy atom. The minimum absolute atomic E-state index is 0. The summed E-state index contributed by atoms with van der Waals surface area (Å²) in [6, 6.07) is 19.1. The molecule has 2 aromatic carbocycles. The molecule has 1 N–H and O–H groups in total. The van der Waals surface area contributed by atoms with Crippen LogP contribution in [0.4, 0.5) is 0 Å². The van der Waals surface area contributed by atoms with Crippen molar-refractivity contribution in [2.45, 2.75) is 39.3 Å². The Labute approximate surface area is 208 Å². The number of carbonyl (C=O) groups excluding carboxylic acids is 1. The molecule has 4 rings (SSSR count). The van der Waals surface area contributed by atoms with Crippen molar-refractivity contribution >= 4 is 41.4 Å². The predicted molar refractivity (Wildman–Crippen MR) is 142 cm³/mol. The standard InChI is InChI=1S/C26H32N4O.HI/c1-2-27-26(29-17-14-24(15-18-29)23-7-4-3-5-8-23)28-19-21-10-12-22(13-11-21)20-30-16-6-9-25(30)31;/h3-5,7-8,10-14H,2,6,9,15-20H2,1H3,(H,27,28);1H. The number of rotatable bonds is 6. The van der Waals surface area contributed by atoms with Gasteiger partial charge in [-0.15, -0.1) is 24.0 Å². The third kappa shape index (κ3) is 6.34. The lowest BCUT2D eigenvalue weighted by atomic mass is 10.00. The second-order valence-corrected chi connectivity index (χ2v) is 8.20. The van der Waals surface area contributed by atoms with Crippen molar-refractivity contribution < 1.29 is 4.79 Å². The van der Waals surface area contributed by atoms with Gasteiger partial charge >= 0.3 is 0 Å². The van der Waals surface area contributed by atoms with Crippen LogP contribution >= 0.6 is 24.0 Å². The molecule has 0 radical (unpaired) electrons. The van der Waals surface area contributed by atoms with Crippen molar-refractivity contribution in [1.29, 1.82) is 0 Å². The highest BCUT2D eigenvalue weighted by molar-refractivity contribution is 14.0. The van der Waals surface area contributed by atoms with E-state index in [0.29, 0.717) is 13.0 Å². The first-order valence-corrected chi connectivity index (χ1v) is 11.4. The number of likely N-dealkylation sites (tertiary alicyclic amines) is 1. The van der Waals surface area contributed by atoms with E-state index in [-0.39, 0.29) is 29.9 Å². The topological polar surface area (TPSA) is 47.9 Å². The van der Waals surface area contributed by atoms with Gasteiger partial charge in [0.05, 0.1) is 6.54 Å². The van der Waals surface area contributed by atoms with E-state index >= 15 is 0 Å². The number of benzene rings is 2. The third-order valence-electron chi connectivity index (χ3n) is 5.97. The maximum Gasteiger partial charge on any atom is 0.222 e. The van der Waals surface area contributed by atoms with Gasteiger partial charge in [-0.05, 0) is 42.0 Å². The summed E-state index contributed by atoms with van der Waals surface area (Å²) in [5, 5.41) is 3.44. The lowest BCUT2D eigenvalue weighted by Gasteiger charge is -2.30. The van der Waals surface area contributed by atoms with Gasteiger partial charge in [0.25, 0.3) is 0 Å². The van der Waals surface area contributed by atoms with Crippen molar-refractivity contribution in [2.24, 2.45) is 4.99 Å². The molecule has 0 bridgehead atoms. The lowest BCUT2D eigenvalue weighted by Crippen LogP contribution is -2.43. The number of nitrogens with zero attached hydrogens (tertiary/aromatic N) is 3. The maximum absolute atomic E-state index is 11.8. The average molecular weight is 544 g/mol. The molecular weight excluding hydrogens is 511 g/mol. The van der Waals surface area contributed by atoms with Gasteiger partial charge in [-0.1, -0.05) is 60.7 Å². The fourth-order valence-electron chi connectivity index (χ4n) is 4.21. The Bertz CT molecular complexity index is 940. The molecule has 0 aliphatic carbocycles. The number of guanidine groups is 1. The summed E-state index contributed by atoms with van der Waals surface area (Å²) in [6.45, 7) is 7.06. The quantitative estimate of drug-likeness (QED) is 0.327. The number of aliphatic imine (C=N–C) groups is 1. The van der Waals surface area contributed by atoms with Crippen LogP contribution in [0.25, 0.3) is 5.57 Å². The van der Waals surface area contributed by atoms with Crippen LogP contribution in [0.3, 0.4) is 0 Å². The van der Waals surface area contributed by atoms with Crippen molar-refractivity contribution in [2.75, 3.05) is 26.2 Å². The Morgan fingerprint density at radius 3 is 2.38 bits per heavy atom. The molecule has 0 unspecified atom stereocenters. The molecule has 1 amide bonds. The highest BCUT2D eigenvalue weighted by Crippen LogP contribution is 2.22. The molecule has 2 aliphatic heterocycles. The van der Waals surface area contributed by atoms with Crippen LogP contribution in [0.1, 0.15) is 42.9 Å². The van der Waals surface area contributed by atoms with Crippen LogP contribution in [-0.4, -0.2) is 47.8 Å². The van der Waals surface area contributed by atoms with Crippen molar-refractivity contribution in [3.8, 4) is 0 Å². The Hall–Kier alpha value is -2.35. The van der Waals surface area contributed by atoms with Gasteiger partial charge in [-0.3, -0.25) is 4.79 Å². The van der Waals surface area contributed by atoms with Crippen LogP contribution in [0, 0.1) is 0 Å². The number of hydrogen-bond acceptors (Lipinski definition) is 2. The molecule has 1 saturated heterocycles. The molecule has 2 heterocycles. The molecule has 0 saturated carbocycles. The summed E-state index contributed by atoms with van der Waals surface area (Å²) in [5.74, 6) is 1.24. The van der Waals surface area contributed by atoms with Gasteiger partial charge in [0.2, 0.25) is 5.91 Å². The summed E-state index contributed by atoms with van der Waals surface area (Å²) >= 11 is 0. The Morgan fingerprint density at radius 1 is 1.00 bits per heavy atom.